The molecule has 1 N–H and O–H groups in total. The minimum absolute atomic E-state index is 0.0722. The molecule has 1 rings (SSSR count). The second-order valence-corrected chi connectivity index (χ2v) is 4.55. The fourth-order valence-electron chi connectivity index (χ4n) is 2.06. The molecule has 4 nitrogen and oxygen atoms in total. The van der Waals surface area contributed by atoms with Crippen LogP contribution in [0.4, 0.5) is 0 Å². The van der Waals surface area contributed by atoms with Crippen molar-refractivity contribution in [2.75, 3.05) is 26.7 Å². The van der Waals surface area contributed by atoms with Crippen molar-refractivity contribution < 1.29 is 4.79 Å². The van der Waals surface area contributed by atoms with E-state index in [1.807, 2.05) is 7.05 Å². The zero-order valence-electron chi connectivity index (χ0n) is 10.3. The van der Waals surface area contributed by atoms with Crippen LogP contribution in [0.5, 0.6) is 0 Å². The monoisotopic (exact) mass is 223 g/mol. The lowest BCUT2D eigenvalue weighted by Crippen LogP contribution is -2.41. The topological polar surface area (TPSA) is 56.1 Å². The van der Waals surface area contributed by atoms with Gasteiger partial charge in [0.15, 0.2) is 0 Å². The second-order valence-electron chi connectivity index (χ2n) is 4.55. The zero-order valence-corrected chi connectivity index (χ0v) is 10.3. The summed E-state index contributed by atoms with van der Waals surface area (Å²) in [5, 5.41) is 12.0. The summed E-state index contributed by atoms with van der Waals surface area (Å²) in [5.74, 6) is -0.0722. The minimum atomic E-state index is -0.731. The fourth-order valence-corrected chi connectivity index (χ4v) is 2.06. The highest BCUT2D eigenvalue weighted by Gasteiger charge is 2.41. The molecule has 0 aliphatic heterocycles. The number of nitrogens with zero attached hydrogens (tertiary/aromatic N) is 2. The molecule has 1 aliphatic rings. The van der Waals surface area contributed by atoms with Gasteiger partial charge in [0.2, 0.25) is 5.91 Å². The van der Waals surface area contributed by atoms with E-state index >= 15 is 0 Å². The number of hydrogen-bond acceptors (Lipinski definition) is 3. The van der Waals surface area contributed by atoms with Gasteiger partial charge in [0.1, 0.15) is 5.41 Å². The van der Waals surface area contributed by atoms with Gasteiger partial charge in [-0.05, 0) is 26.4 Å². The zero-order chi connectivity index (χ0) is 12.0. The Morgan fingerprint density at radius 2 is 2.12 bits per heavy atom. The molecule has 1 amide bonds. The number of amides is 1. The highest BCUT2D eigenvalue weighted by atomic mass is 16.2. The molecular formula is C12H21N3O. The van der Waals surface area contributed by atoms with Crippen molar-refractivity contribution in [3.05, 3.63) is 0 Å². The van der Waals surface area contributed by atoms with Crippen molar-refractivity contribution in [1.29, 1.82) is 5.26 Å². The summed E-state index contributed by atoms with van der Waals surface area (Å²) >= 11 is 0. The summed E-state index contributed by atoms with van der Waals surface area (Å²) < 4.78 is 0. The summed E-state index contributed by atoms with van der Waals surface area (Å²) in [4.78, 5) is 14.0. The molecule has 0 spiro atoms. The van der Waals surface area contributed by atoms with E-state index in [1.165, 1.54) is 0 Å². The van der Waals surface area contributed by atoms with Crippen LogP contribution in [0.25, 0.3) is 0 Å². The maximum Gasteiger partial charge on any atom is 0.240 e. The Morgan fingerprint density at radius 1 is 1.50 bits per heavy atom. The number of likely N-dealkylation sites (N-methyl/N-ethyl adjacent to an activating group) is 1. The van der Waals surface area contributed by atoms with Gasteiger partial charge < -0.3 is 10.2 Å². The second kappa shape index (κ2) is 5.86. The van der Waals surface area contributed by atoms with E-state index in [-0.39, 0.29) is 5.91 Å². The molecule has 0 aromatic carbocycles. The normalized spacial score (nSPS) is 18.4. The van der Waals surface area contributed by atoms with Crippen LogP contribution >= 0.6 is 0 Å². The Hall–Kier alpha value is -1.08. The number of carbonyl (C=O) groups is 1. The smallest absolute Gasteiger partial charge is 0.240 e. The first-order valence-corrected chi connectivity index (χ1v) is 6.03. The highest BCUT2D eigenvalue weighted by Crippen LogP contribution is 2.37. The first kappa shape index (κ1) is 13.0. The molecule has 1 fully saturated rings. The molecule has 0 saturated heterocycles. The van der Waals surface area contributed by atoms with E-state index in [9.17, 15) is 4.79 Å². The third-order valence-corrected chi connectivity index (χ3v) is 3.42. The van der Waals surface area contributed by atoms with Gasteiger partial charge in [-0.3, -0.25) is 4.79 Å². The van der Waals surface area contributed by atoms with E-state index in [1.54, 1.807) is 0 Å². The van der Waals surface area contributed by atoms with E-state index < -0.39 is 5.41 Å². The number of nitriles is 1. The molecule has 16 heavy (non-hydrogen) atoms. The first-order chi connectivity index (χ1) is 7.64. The standard InChI is InChI=1S/C12H21N3O/c1-3-15(2)9-8-14-11(16)12(10-13)6-4-5-7-12/h3-9H2,1-2H3,(H,14,16). The SMILES string of the molecule is CCN(C)CCNC(=O)C1(C#N)CCCC1. The number of carbonyl (C=O) groups excluding carboxylic acids is 1. The molecule has 1 aliphatic carbocycles. The van der Waals surface area contributed by atoms with Crippen LogP contribution < -0.4 is 5.32 Å². The Morgan fingerprint density at radius 3 is 2.62 bits per heavy atom. The fraction of sp³-hybridized carbons (Fsp3) is 0.833. The van der Waals surface area contributed by atoms with Crippen LogP contribution in [-0.4, -0.2) is 37.5 Å². The molecular weight excluding hydrogens is 202 g/mol. The van der Waals surface area contributed by atoms with Gasteiger partial charge in [-0.2, -0.15) is 5.26 Å². The summed E-state index contributed by atoms with van der Waals surface area (Å²) in [5.41, 5.74) is -0.731. The molecule has 1 saturated carbocycles. The van der Waals surface area contributed by atoms with Crippen molar-refractivity contribution in [3.63, 3.8) is 0 Å². The predicted octanol–water partition coefficient (Wildman–Crippen LogP) is 1.14. The van der Waals surface area contributed by atoms with Crippen molar-refractivity contribution in [2.24, 2.45) is 5.41 Å². The minimum Gasteiger partial charge on any atom is -0.353 e. The summed E-state index contributed by atoms with van der Waals surface area (Å²) in [6.07, 6.45) is 3.43. The van der Waals surface area contributed by atoms with Gasteiger partial charge in [0, 0.05) is 13.1 Å². The molecule has 0 atom stereocenters. The Balaban J connectivity index is 2.37. The van der Waals surface area contributed by atoms with Crippen molar-refractivity contribution in [3.8, 4) is 6.07 Å². The lowest BCUT2D eigenvalue weighted by atomic mass is 9.87. The van der Waals surface area contributed by atoms with Gasteiger partial charge in [-0.1, -0.05) is 19.8 Å². The molecule has 4 heteroatoms. The highest BCUT2D eigenvalue weighted by molar-refractivity contribution is 5.85. The average molecular weight is 223 g/mol. The van der Waals surface area contributed by atoms with E-state index in [0.29, 0.717) is 6.54 Å². The van der Waals surface area contributed by atoms with Crippen LogP contribution in [0.3, 0.4) is 0 Å². The van der Waals surface area contributed by atoms with Crippen LogP contribution in [0.15, 0.2) is 0 Å². The Bertz CT molecular complexity index is 276. The molecule has 0 radical (unpaired) electrons. The molecule has 0 unspecified atom stereocenters. The third-order valence-electron chi connectivity index (χ3n) is 3.42. The maximum absolute atomic E-state index is 11.9. The van der Waals surface area contributed by atoms with E-state index in [4.69, 9.17) is 5.26 Å². The summed E-state index contributed by atoms with van der Waals surface area (Å²) in [6, 6.07) is 2.20. The quantitative estimate of drug-likeness (QED) is 0.760. The lowest BCUT2D eigenvalue weighted by molar-refractivity contribution is -0.127. The number of hydrogen-bond donors (Lipinski definition) is 1. The van der Waals surface area contributed by atoms with Crippen molar-refractivity contribution in [1.82, 2.24) is 10.2 Å². The van der Waals surface area contributed by atoms with Gasteiger partial charge in [0.25, 0.3) is 0 Å². The molecule has 0 aromatic rings. The van der Waals surface area contributed by atoms with Gasteiger partial charge in [-0.25, -0.2) is 0 Å². The van der Waals surface area contributed by atoms with Crippen LogP contribution in [0.2, 0.25) is 0 Å². The van der Waals surface area contributed by atoms with Gasteiger partial charge in [0.05, 0.1) is 6.07 Å². The number of nitrogens with one attached hydrogen (secondary N) is 1. The van der Waals surface area contributed by atoms with E-state index in [2.05, 4.69) is 23.2 Å². The molecule has 0 aromatic heterocycles. The maximum atomic E-state index is 11.9. The third kappa shape index (κ3) is 2.96. The van der Waals surface area contributed by atoms with Crippen molar-refractivity contribution >= 4 is 5.91 Å². The first-order valence-electron chi connectivity index (χ1n) is 6.03. The van der Waals surface area contributed by atoms with Gasteiger partial charge >= 0.3 is 0 Å². The van der Waals surface area contributed by atoms with Crippen molar-refractivity contribution in [2.45, 2.75) is 32.6 Å². The molecule has 90 valence electrons. The molecule has 0 bridgehead atoms. The Kier molecular flexibility index (Phi) is 4.75. The van der Waals surface area contributed by atoms with Crippen LogP contribution in [0, 0.1) is 16.7 Å². The summed E-state index contributed by atoms with van der Waals surface area (Å²) in [7, 11) is 2.02. The van der Waals surface area contributed by atoms with Crippen LogP contribution in [-0.2, 0) is 4.79 Å². The van der Waals surface area contributed by atoms with Gasteiger partial charge in [-0.15, -0.1) is 0 Å². The average Bonchev–Trinajstić information content (AvgIpc) is 2.78. The summed E-state index contributed by atoms with van der Waals surface area (Å²) in [6.45, 7) is 4.52. The largest absolute Gasteiger partial charge is 0.353 e. The number of rotatable bonds is 5. The Labute approximate surface area is 97.6 Å². The van der Waals surface area contributed by atoms with E-state index in [0.717, 1.165) is 38.8 Å². The predicted molar refractivity (Wildman–Crippen MR) is 62.7 cm³/mol. The van der Waals surface area contributed by atoms with Crippen LogP contribution in [0.1, 0.15) is 32.6 Å². The lowest BCUT2D eigenvalue weighted by Gasteiger charge is -2.20. The molecule has 0 heterocycles.